The summed E-state index contributed by atoms with van der Waals surface area (Å²) >= 11 is 6.29. The molecule has 0 aliphatic carbocycles. The number of rotatable bonds is 4. The largest absolute Gasteiger partial charge is 0.353 e. The maximum atomic E-state index is 12.5. The lowest BCUT2D eigenvalue weighted by Crippen LogP contribution is -2.55. The van der Waals surface area contributed by atoms with Crippen LogP contribution in [0.2, 0.25) is 5.02 Å². The first-order valence-corrected chi connectivity index (χ1v) is 9.18. The number of hydrogen-bond acceptors (Lipinski definition) is 3. The van der Waals surface area contributed by atoms with E-state index in [4.69, 9.17) is 16.6 Å². The molecule has 0 unspecified atom stereocenters. The average molecular weight is 366 g/mol. The summed E-state index contributed by atoms with van der Waals surface area (Å²) in [5, 5.41) is 4.67. The summed E-state index contributed by atoms with van der Waals surface area (Å²) in [6.45, 7) is 2.11. The zero-order valence-corrected chi connectivity index (χ0v) is 15.1. The first-order valence-electron chi connectivity index (χ1n) is 8.80. The van der Waals surface area contributed by atoms with E-state index in [1.807, 2.05) is 48.5 Å². The number of pyridine rings is 1. The fraction of sp³-hybridized carbons (Fsp3) is 0.238. The summed E-state index contributed by atoms with van der Waals surface area (Å²) in [7, 11) is 0. The van der Waals surface area contributed by atoms with Gasteiger partial charge in [0.05, 0.1) is 22.3 Å². The number of halogens is 1. The smallest absolute Gasteiger partial charge is 0.237 e. The number of amides is 1. The van der Waals surface area contributed by atoms with Gasteiger partial charge in [-0.05, 0) is 24.1 Å². The number of hydrogen-bond donors (Lipinski definition) is 1. The molecule has 1 N–H and O–H groups in total. The molecule has 4 rings (SSSR count). The molecule has 2 aromatic carbocycles. The lowest BCUT2D eigenvalue weighted by Gasteiger charge is -2.35. The van der Waals surface area contributed by atoms with Crippen LogP contribution < -0.4 is 5.32 Å². The second-order valence-corrected chi connectivity index (χ2v) is 6.99. The minimum absolute atomic E-state index is 0.0823. The quantitative estimate of drug-likeness (QED) is 0.770. The van der Waals surface area contributed by atoms with Gasteiger partial charge in [0, 0.05) is 25.0 Å². The Kier molecular flexibility index (Phi) is 4.87. The van der Waals surface area contributed by atoms with Crippen molar-refractivity contribution in [2.75, 3.05) is 13.1 Å². The number of carbonyl (C=O) groups excluding carboxylic acids is 1. The fourth-order valence-electron chi connectivity index (χ4n) is 3.46. The Morgan fingerprint density at radius 3 is 2.77 bits per heavy atom. The van der Waals surface area contributed by atoms with E-state index in [1.165, 1.54) is 0 Å². The molecule has 1 atom stereocenters. The van der Waals surface area contributed by atoms with Crippen molar-refractivity contribution in [3.05, 3.63) is 76.9 Å². The molecule has 5 heteroatoms. The molecule has 1 aromatic heterocycles. The minimum atomic E-state index is -0.185. The van der Waals surface area contributed by atoms with Gasteiger partial charge in [-0.15, -0.1) is 0 Å². The van der Waals surface area contributed by atoms with Gasteiger partial charge >= 0.3 is 0 Å². The van der Waals surface area contributed by atoms with Crippen molar-refractivity contribution in [3.8, 4) is 0 Å². The molecule has 1 amide bonds. The summed E-state index contributed by atoms with van der Waals surface area (Å²) in [4.78, 5) is 19.4. The molecular formula is C21H20ClN3O. The van der Waals surface area contributed by atoms with Gasteiger partial charge in [-0.25, -0.2) is 4.98 Å². The summed E-state index contributed by atoms with van der Waals surface area (Å²) in [6, 6.07) is 19.8. The molecule has 3 aromatic rings. The van der Waals surface area contributed by atoms with Crippen LogP contribution in [0.1, 0.15) is 11.3 Å². The van der Waals surface area contributed by atoms with Gasteiger partial charge in [0.15, 0.2) is 0 Å². The van der Waals surface area contributed by atoms with E-state index < -0.39 is 0 Å². The number of fused-ring (bicyclic) bond motifs is 1. The molecule has 0 bridgehead atoms. The molecule has 132 valence electrons. The van der Waals surface area contributed by atoms with Crippen molar-refractivity contribution in [2.45, 2.75) is 19.0 Å². The number of piperazine rings is 1. The molecule has 2 heterocycles. The van der Waals surface area contributed by atoms with Crippen LogP contribution in [0.4, 0.5) is 0 Å². The van der Waals surface area contributed by atoms with Gasteiger partial charge < -0.3 is 5.32 Å². The zero-order valence-electron chi connectivity index (χ0n) is 14.4. The summed E-state index contributed by atoms with van der Waals surface area (Å²) in [6.07, 6.45) is 0.695. The Labute approximate surface area is 157 Å². The normalized spacial score (nSPS) is 18.0. The van der Waals surface area contributed by atoms with Crippen LogP contribution in [0.25, 0.3) is 10.9 Å². The van der Waals surface area contributed by atoms with Crippen molar-refractivity contribution in [2.24, 2.45) is 0 Å². The Balaban J connectivity index is 1.58. The predicted molar refractivity (Wildman–Crippen MR) is 104 cm³/mol. The lowest BCUT2D eigenvalue weighted by molar-refractivity contribution is -0.129. The number of nitrogens with one attached hydrogen (secondary N) is 1. The number of benzene rings is 2. The Morgan fingerprint density at radius 1 is 1.08 bits per heavy atom. The van der Waals surface area contributed by atoms with Crippen LogP contribution in [-0.2, 0) is 17.8 Å². The standard InChI is InChI=1S/C21H20ClN3O/c22-18-8-4-7-16-9-10-17(24-20(16)18)14-25-12-11-23-21(26)19(25)13-15-5-2-1-3-6-15/h1-10,19H,11-14H2,(H,23,26)/t19-/m0/s1. The number of carbonyl (C=O) groups is 1. The second-order valence-electron chi connectivity index (χ2n) is 6.58. The molecule has 1 aliphatic heterocycles. The predicted octanol–water partition coefficient (Wildman–Crippen LogP) is 3.43. The summed E-state index contributed by atoms with van der Waals surface area (Å²) < 4.78 is 0. The molecule has 26 heavy (non-hydrogen) atoms. The van der Waals surface area contributed by atoms with Crippen molar-refractivity contribution in [3.63, 3.8) is 0 Å². The summed E-state index contributed by atoms with van der Waals surface area (Å²) in [5.41, 5.74) is 2.90. The molecule has 1 aliphatic rings. The lowest BCUT2D eigenvalue weighted by atomic mass is 10.0. The van der Waals surface area contributed by atoms with E-state index in [2.05, 4.69) is 22.3 Å². The molecule has 1 saturated heterocycles. The van der Waals surface area contributed by atoms with Crippen molar-refractivity contribution < 1.29 is 4.79 Å². The van der Waals surface area contributed by atoms with Crippen molar-refractivity contribution >= 4 is 28.4 Å². The highest BCUT2D eigenvalue weighted by atomic mass is 35.5. The SMILES string of the molecule is O=C1NCCN(Cc2ccc3cccc(Cl)c3n2)[C@H]1Cc1ccccc1. The average Bonchev–Trinajstić information content (AvgIpc) is 2.66. The van der Waals surface area contributed by atoms with E-state index in [-0.39, 0.29) is 11.9 Å². The number of aromatic nitrogens is 1. The summed E-state index contributed by atoms with van der Waals surface area (Å²) in [5.74, 6) is 0.0823. The molecule has 0 spiro atoms. The van der Waals surface area contributed by atoms with Crippen molar-refractivity contribution in [1.82, 2.24) is 15.2 Å². The fourth-order valence-corrected chi connectivity index (χ4v) is 3.68. The molecule has 1 fully saturated rings. The van der Waals surface area contributed by atoms with Crippen LogP contribution in [0.3, 0.4) is 0 Å². The molecular weight excluding hydrogens is 346 g/mol. The first kappa shape index (κ1) is 17.0. The first-order chi connectivity index (χ1) is 12.7. The van der Waals surface area contributed by atoms with Gasteiger partial charge in [0.2, 0.25) is 5.91 Å². The van der Waals surface area contributed by atoms with Gasteiger partial charge in [0.25, 0.3) is 0 Å². The second kappa shape index (κ2) is 7.44. The number of nitrogens with zero attached hydrogens (tertiary/aromatic N) is 2. The topological polar surface area (TPSA) is 45.2 Å². The Morgan fingerprint density at radius 2 is 1.92 bits per heavy atom. The van der Waals surface area contributed by atoms with E-state index in [0.29, 0.717) is 24.5 Å². The highest BCUT2D eigenvalue weighted by Crippen LogP contribution is 2.23. The van der Waals surface area contributed by atoms with Gasteiger partial charge in [-0.1, -0.05) is 60.1 Å². The Hall–Kier alpha value is -2.43. The molecule has 0 radical (unpaired) electrons. The third-order valence-corrected chi connectivity index (χ3v) is 5.11. The maximum Gasteiger partial charge on any atom is 0.237 e. The Bertz CT molecular complexity index is 929. The third kappa shape index (κ3) is 3.57. The van der Waals surface area contributed by atoms with Gasteiger partial charge in [0.1, 0.15) is 0 Å². The maximum absolute atomic E-state index is 12.5. The van der Waals surface area contributed by atoms with Crippen LogP contribution >= 0.6 is 11.6 Å². The monoisotopic (exact) mass is 365 g/mol. The molecule has 4 nitrogen and oxygen atoms in total. The van der Waals surface area contributed by atoms with Crippen molar-refractivity contribution in [1.29, 1.82) is 0 Å². The molecule has 0 saturated carbocycles. The zero-order chi connectivity index (χ0) is 17.9. The van der Waals surface area contributed by atoms with Crippen LogP contribution in [-0.4, -0.2) is 34.9 Å². The van der Waals surface area contributed by atoms with E-state index in [0.717, 1.165) is 28.7 Å². The van der Waals surface area contributed by atoms with Crippen LogP contribution in [0.5, 0.6) is 0 Å². The van der Waals surface area contributed by atoms with Gasteiger partial charge in [-0.2, -0.15) is 0 Å². The van der Waals surface area contributed by atoms with Gasteiger partial charge in [-0.3, -0.25) is 9.69 Å². The highest BCUT2D eigenvalue weighted by molar-refractivity contribution is 6.35. The minimum Gasteiger partial charge on any atom is -0.353 e. The van der Waals surface area contributed by atoms with E-state index in [1.54, 1.807) is 0 Å². The van der Waals surface area contributed by atoms with E-state index >= 15 is 0 Å². The third-order valence-electron chi connectivity index (χ3n) is 4.81. The number of para-hydroxylation sites is 1. The van der Waals surface area contributed by atoms with Crippen LogP contribution in [0, 0.1) is 0 Å². The highest BCUT2D eigenvalue weighted by Gasteiger charge is 2.30. The van der Waals surface area contributed by atoms with Crippen LogP contribution in [0.15, 0.2) is 60.7 Å². The van der Waals surface area contributed by atoms with E-state index in [9.17, 15) is 4.79 Å².